The molecule has 0 saturated carbocycles. The van der Waals surface area contributed by atoms with Crippen molar-refractivity contribution in [2.75, 3.05) is 0 Å². The van der Waals surface area contributed by atoms with E-state index in [-0.39, 0.29) is 0 Å². The van der Waals surface area contributed by atoms with Gasteiger partial charge in [0.05, 0.1) is 5.60 Å². The second-order valence-electron chi connectivity index (χ2n) is 5.38. The fraction of sp³-hybridized carbons (Fsp3) is 0.294. The van der Waals surface area contributed by atoms with Gasteiger partial charge in [-0.25, -0.2) is 0 Å². The van der Waals surface area contributed by atoms with E-state index < -0.39 is 5.60 Å². The SMILES string of the molecule is Cc1ccc(CC(C)(O)c2cccc(Cl)c2)cc1C. The third-order valence-corrected chi connectivity index (χ3v) is 3.80. The Balaban J connectivity index is 2.27. The van der Waals surface area contributed by atoms with Crippen LogP contribution in [0.1, 0.15) is 29.2 Å². The monoisotopic (exact) mass is 274 g/mol. The maximum Gasteiger partial charge on any atom is 0.0909 e. The number of hydrogen-bond donors (Lipinski definition) is 1. The van der Waals surface area contributed by atoms with E-state index in [0.717, 1.165) is 11.1 Å². The average molecular weight is 275 g/mol. The lowest BCUT2D eigenvalue weighted by atomic mass is 9.88. The average Bonchev–Trinajstić information content (AvgIpc) is 2.33. The van der Waals surface area contributed by atoms with Gasteiger partial charge in [-0.3, -0.25) is 0 Å². The van der Waals surface area contributed by atoms with Crippen LogP contribution >= 0.6 is 11.6 Å². The third-order valence-electron chi connectivity index (χ3n) is 3.57. The number of halogens is 1. The van der Waals surface area contributed by atoms with Gasteiger partial charge in [-0.1, -0.05) is 41.9 Å². The fourth-order valence-electron chi connectivity index (χ4n) is 2.24. The molecule has 1 nitrogen and oxygen atoms in total. The van der Waals surface area contributed by atoms with Crippen LogP contribution < -0.4 is 0 Å². The van der Waals surface area contributed by atoms with E-state index >= 15 is 0 Å². The minimum atomic E-state index is -0.910. The van der Waals surface area contributed by atoms with Crippen molar-refractivity contribution in [3.8, 4) is 0 Å². The van der Waals surface area contributed by atoms with Crippen molar-refractivity contribution in [3.05, 3.63) is 69.7 Å². The van der Waals surface area contributed by atoms with E-state index in [1.54, 1.807) is 0 Å². The minimum absolute atomic E-state index is 0.578. The van der Waals surface area contributed by atoms with Crippen LogP contribution in [0.5, 0.6) is 0 Å². The van der Waals surface area contributed by atoms with E-state index in [1.807, 2.05) is 31.2 Å². The lowest BCUT2D eigenvalue weighted by Crippen LogP contribution is -2.24. The second-order valence-corrected chi connectivity index (χ2v) is 5.82. The number of aliphatic hydroxyl groups is 1. The summed E-state index contributed by atoms with van der Waals surface area (Å²) in [5, 5.41) is 11.3. The summed E-state index contributed by atoms with van der Waals surface area (Å²) in [7, 11) is 0. The topological polar surface area (TPSA) is 20.2 Å². The molecule has 0 radical (unpaired) electrons. The Labute approximate surface area is 119 Å². The lowest BCUT2D eigenvalue weighted by molar-refractivity contribution is 0.0576. The molecule has 0 spiro atoms. The van der Waals surface area contributed by atoms with Crippen molar-refractivity contribution in [2.45, 2.75) is 32.8 Å². The summed E-state index contributed by atoms with van der Waals surface area (Å²) < 4.78 is 0. The number of aryl methyl sites for hydroxylation is 2. The normalized spacial score (nSPS) is 14.2. The van der Waals surface area contributed by atoms with Gasteiger partial charge in [0, 0.05) is 11.4 Å². The first kappa shape index (κ1) is 14.1. The Morgan fingerprint density at radius 3 is 2.42 bits per heavy atom. The molecule has 2 heteroatoms. The van der Waals surface area contributed by atoms with Gasteiger partial charge in [-0.2, -0.15) is 0 Å². The first-order valence-corrected chi connectivity index (χ1v) is 6.81. The maximum atomic E-state index is 10.7. The summed E-state index contributed by atoms with van der Waals surface area (Å²) in [6.07, 6.45) is 0.578. The van der Waals surface area contributed by atoms with Crippen molar-refractivity contribution in [1.29, 1.82) is 0 Å². The molecule has 0 aliphatic rings. The molecule has 0 aromatic heterocycles. The molecule has 0 fully saturated rings. The van der Waals surface area contributed by atoms with Crippen molar-refractivity contribution in [1.82, 2.24) is 0 Å². The van der Waals surface area contributed by atoms with Crippen molar-refractivity contribution in [2.24, 2.45) is 0 Å². The molecule has 1 atom stereocenters. The van der Waals surface area contributed by atoms with Gasteiger partial charge in [0.1, 0.15) is 0 Å². The van der Waals surface area contributed by atoms with Crippen molar-refractivity contribution >= 4 is 11.6 Å². The van der Waals surface area contributed by atoms with E-state index in [0.29, 0.717) is 11.4 Å². The second kappa shape index (κ2) is 5.36. The Morgan fingerprint density at radius 1 is 1.05 bits per heavy atom. The molecule has 1 unspecified atom stereocenters. The van der Waals surface area contributed by atoms with Gasteiger partial charge in [0.2, 0.25) is 0 Å². The van der Waals surface area contributed by atoms with E-state index in [4.69, 9.17) is 11.6 Å². The minimum Gasteiger partial charge on any atom is -0.385 e. The van der Waals surface area contributed by atoms with Crippen LogP contribution in [0.25, 0.3) is 0 Å². The molecule has 0 amide bonds. The Bertz CT molecular complexity index is 588. The van der Waals surface area contributed by atoms with Gasteiger partial charge < -0.3 is 5.11 Å². The smallest absolute Gasteiger partial charge is 0.0909 e. The molecule has 0 aliphatic carbocycles. The molecule has 1 N–H and O–H groups in total. The lowest BCUT2D eigenvalue weighted by Gasteiger charge is -2.24. The molecule has 0 bridgehead atoms. The Morgan fingerprint density at radius 2 is 1.79 bits per heavy atom. The van der Waals surface area contributed by atoms with Crippen LogP contribution in [0.15, 0.2) is 42.5 Å². The quantitative estimate of drug-likeness (QED) is 0.879. The van der Waals surface area contributed by atoms with Crippen molar-refractivity contribution < 1.29 is 5.11 Å². The molecule has 0 aliphatic heterocycles. The van der Waals surface area contributed by atoms with Crippen LogP contribution in [-0.4, -0.2) is 5.11 Å². The zero-order valence-corrected chi connectivity index (χ0v) is 12.3. The number of hydrogen-bond acceptors (Lipinski definition) is 1. The molecule has 2 aromatic rings. The highest BCUT2D eigenvalue weighted by molar-refractivity contribution is 6.30. The molecular formula is C17H19ClO. The van der Waals surface area contributed by atoms with Crippen LogP contribution in [0, 0.1) is 13.8 Å². The zero-order chi connectivity index (χ0) is 14.0. The van der Waals surface area contributed by atoms with Crippen molar-refractivity contribution in [3.63, 3.8) is 0 Å². The van der Waals surface area contributed by atoms with Gasteiger partial charge >= 0.3 is 0 Å². The highest BCUT2D eigenvalue weighted by atomic mass is 35.5. The van der Waals surface area contributed by atoms with Crippen LogP contribution in [0.3, 0.4) is 0 Å². The van der Waals surface area contributed by atoms with Gasteiger partial charge in [0.15, 0.2) is 0 Å². The summed E-state index contributed by atoms with van der Waals surface area (Å²) in [5.41, 5.74) is 3.59. The highest BCUT2D eigenvalue weighted by Crippen LogP contribution is 2.27. The molecule has 0 saturated heterocycles. The molecule has 19 heavy (non-hydrogen) atoms. The molecule has 2 rings (SSSR count). The summed E-state index contributed by atoms with van der Waals surface area (Å²) in [5.74, 6) is 0. The van der Waals surface area contributed by atoms with E-state index in [1.165, 1.54) is 11.1 Å². The first-order chi connectivity index (χ1) is 8.88. The summed E-state index contributed by atoms with van der Waals surface area (Å²) in [6.45, 7) is 6.01. The molecule has 0 heterocycles. The van der Waals surface area contributed by atoms with Crippen LogP contribution in [0.2, 0.25) is 5.02 Å². The maximum absolute atomic E-state index is 10.7. The Kier molecular flexibility index (Phi) is 3.98. The van der Waals surface area contributed by atoms with Gasteiger partial charge in [0.25, 0.3) is 0 Å². The van der Waals surface area contributed by atoms with Gasteiger partial charge in [-0.15, -0.1) is 0 Å². The summed E-state index contributed by atoms with van der Waals surface area (Å²) in [6, 6.07) is 13.7. The largest absolute Gasteiger partial charge is 0.385 e. The highest BCUT2D eigenvalue weighted by Gasteiger charge is 2.23. The van der Waals surface area contributed by atoms with Gasteiger partial charge in [-0.05, 0) is 55.2 Å². The Hall–Kier alpha value is -1.31. The predicted octanol–water partition coefficient (Wildman–Crippen LogP) is 4.41. The van der Waals surface area contributed by atoms with Crippen LogP contribution in [0.4, 0.5) is 0 Å². The number of benzene rings is 2. The summed E-state index contributed by atoms with van der Waals surface area (Å²) >= 11 is 5.99. The molecule has 2 aromatic carbocycles. The van der Waals surface area contributed by atoms with Crippen LogP contribution in [-0.2, 0) is 12.0 Å². The predicted molar refractivity (Wildman–Crippen MR) is 80.6 cm³/mol. The molecular weight excluding hydrogens is 256 g/mol. The summed E-state index contributed by atoms with van der Waals surface area (Å²) in [4.78, 5) is 0. The fourth-order valence-corrected chi connectivity index (χ4v) is 2.43. The molecule has 100 valence electrons. The number of rotatable bonds is 3. The van der Waals surface area contributed by atoms with E-state index in [2.05, 4.69) is 32.0 Å². The third kappa shape index (κ3) is 3.37. The first-order valence-electron chi connectivity index (χ1n) is 6.43. The van der Waals surface area contributed by atoms with E-state index in [9.17, 15) is 5.11 Å². The zero-order valence-electron chi connectivity index (χ0n) is 11.6. The standard InChI is InChI=1S/C17H19ClO/c1-12-7-8-14(9-13(12)2)11-17(3,19)15-5-4-6-16(18)10-15/h4-10,19H,11H2,1-3H3.